The molecule has 0 radical (unpaired) electrons. The molecule has 1 heterocycles. The average molecular weight is 207 g/mol. The molecule has 1 aliphatic rings. The zero-order chi connectivity index (χ0) is 10.8. The fourth-order valence-electron chi connectivity index (χ4n) is 2.02. The highest BCUT2D eigenvalue weighted by Gasteiger charge is 2.20. The lowest BCUT2D eigenvalue weighted by atomic mass is 10.1. The first-order valence-corrected chi connectivity index (χ1v) is 5.45. The fraction of sp³-hybridized carbons (Fsp3) is 0.500. The smallest absolute Gasteiger partial charge is 0.117 e. The molecule has 3 heteroatoms. The first-order valence-electron chi connectivity index (χ1n) is 5.45. The van der Waals surface area contributed by atoms with E-state index >= 15 is 0 Å². The van der Waals surface area contributed by atoms with Crippen LogP contribution in [0.25, 0.3) is 0 Å². The van der Waals surface area contributed by atoms with Gasteiger partial charge in [-0.05, 0) is 30.5 Å². The Morgan fingerprint density at radius 1 is 1.40 bits per heavy atom. The number of phenols is 1. The molecule has 1 saturated heterocycles. The van der Waals surface area contributed by atoms with Crippen LogP contribution in [0.15, 0.2) is 18.2 Å². The van der Waals surface area contributed by atoms with Crippen LogP contribution in [0.2, 0.25) is 0 Å². The van der Waals surface area contributed by atoms with Gasteiger partial charge in [-0.3, -0.25) is 0 Å². The molecule has 3 nitrogen and oxygen atoms in total. The number of aryl methyl sites for hydroxylation is 1. The van der Waals surface area contributed by atoms with E-state index in [9.17, 15) is 10.2 Å². The molecule has 2 rings (SSSR count). The van der Waals surface area contributed by atoms with Gasteiger partial charge >= 0.3 is 0 Å². The van der Waals surface area contributed by atoms with Gasteiger partial charge in [-0.15, -0.1) is 0 Å². The number of aromatic hydroxyl groups is 1. The molecule has 15 heavy (non-hydrogen) atoms. The lowest BCUT2D eigenvalue weighted by molar-refractivity contribution is 0.198. The molecule has 2 N–H and O–H groups in total. The van der Waals surface area contributed by atoms with Gasteiger partial charge in [0.2, 0.25) is 0 Å². The predicted molar refractivity (Wildman–Crippen MR) is 60.3 cm³/mol. The Morgan fingerprint density at radius 2 is 2.20 bits per heavy atom. The summed E-state index contributed by atoms with van der Waals surface area (Å²) in [5.41, 5.74) is 2.15. The topological polar surface area (TPSA) is 43.7 Å². The highest BCUT2D eigenvalue weighted by Crippen LogP contribution is 2.26. The maximum absolute atomic E-state index is 9.56. The van der Waals surface area contributed by atoms with Crippen molar-refractivity contribution in [2.75, 3.05) is 18.0 Å². The van der Waals surface area contributed by atoms with Gasteiger partial charge in [0, 0.05) is 24.8 Å². The van der Waals surface area contributed by atoms with Crippen LogP contribution in [0, 0.1) is 0 Å². The van der Waals surface area contributed by atoms with Crippen LogP contribution >= 0.6 is 0 Å². The first-order chi connectivity index (χ1) is 7.19. The number of aliphatic hydroxyl groups is 1. The molecule has 0 bridgehead atoms. The minimum Gasteiger partial charge on any atom is -0.508 e. The van der Waals surface area contributed by atoms with Crippen molar-refractivity contribution < 1.29 is 10.2 Å². The second-order valence-corrected chi connectivity index (χ2v) is 4.10. The van der Waals surface area contributed by atoms with Crippen molar-refractivity contribution in [1.29, 1.82) is 0 Å². The Bertz CT molecular complexity index is 351. The molecule has 0 amide bonds. The van der Waals surface area contributed by atoms with E-state index in [1.807, 2.05) is 0 Å². The fourth-order valence-corrected chi connectivity index (χ4v) is 2.02. The number of benzene rings is 1. The summed E-state index contributed by atoms with van der Waals surface area (Å²) in [6.07, 6.45) is 1.51. The number of hydrogen-bond donors (Lipinski definition) is 2. The molecule has 0 aromatic heterocycles. The van der Waals surface area contributed by atoms with E-state index in [1.165, 1.54) is 0 Å². The second kappa shape index (κ2) is 4.11. The van der Waals surface area contributed by atoms with Crippen molar-refractivity contribution in [3.63, 3.8) is 0 Å². The Morgan fingerprint density at radius 3 is 2.80 bits per heavy atom. The summed E-state index contributed by atoms with van der Waals surface area (Å²) in [5, 5.41) is 19.0. The Labute approximate surface area is 90.0 Å². The standard InChI is InChI=1S/C12H17NO2/c1-2-9-5-10(7-12(15)6-9)13-4-3-11(14)8-13/h5-7,11,14-15H,2-4,8H2,1H3. The SMILES string of the molecule is CCc1cc(O)cc(N2CCC(O)C2)c1. The third-order valence-electron chi connectivity index (χ3n) is 2.90. The summed E-state index contributed by atoms with van der Waals surface area (Å²) >= 11 is 0. The predicted octanol–water partition coefficient (Wildman–Crippen LogP) is 1.53. The zero-order valence-corrected chi connectivity index (χ0v) is 8.98. The van der Waals surface area contributed by atoms with Gasteiger partial charge in [0.25, 0.3) is 0 Å². The van der Waals surface area contributed by atoms with E-state index in [2.05, 4.69) is 17.9 Å². The highest BCUT2D eigenvalue weighted by molar-refractivity contribution is 5.54. The van der Waals surface area contributed by atoms with E-state index in [0.29, 0.717) is 12.3 Å². The molecule has 1 fully saturated rings. The van der Waals surface area contributed by atoms with Crippen molar-refractivity contribution in [1.82, 2.24) is 0 Å². The molecule has 0 spiro atoms. The van der Waals surface area contributed by atoms with Crippen molar-refractivity contribution in [2.24, 2.45) is 0 Å². The van der Waals surface area contributed by atoms with Crippen LogP contribution in [0.3, 0.4) is 0 Å². The van der Waals surface area contributed by atoms with Gasteiger partial charge in [0.1, 0.15) is 5.75 Å². The zero-order valence-electron chi connectivity index (χ0n) is 8.98. The first kappa shape index (κ1) is 10.3. The molecule has 1 unspecified atom stereocenters. The minimum absolute atomic E-state index is 0.225. The molecule has 1 aliphatic heterocycles. The molecule has 1 aromatic carbocycles. The van der Waals surface area contributed by atoms with Gasteiger partial charge in [-0.1, -0.05) is 6.92 Å². The lowest BCUT2D eigenvalue weighted by Gasteiger charge is -2.18. The van der Waals surface area contributed by atoms with Crippen molar-refractivity contribution >= 4 is 5.69 Å². The van der Waals surface area contributed by atoms with Crippen molar-refractivity contribution in [3.05, 3.63) is 23.8 Å². The molecular weight excluding hydrogens is 190 g/mol. The van der Waals surface area contributed by atoms with Gasteiger partial charge in [-0.2, -0.15) is 0 Å². The summed E-state index contributed by atoms with van der Waals surface area (Å²) in [6, 6.07) is 5.63. The quantitative estimate of drug-likeness (QED) is 0.773. The van der Waals surface area contributed by atoms with Crippen LogP contribution in [0.4, 0.5) is 5.69 Å². The van der Waals surface area contributed by atoms with E-state index in [0.717, 1.165) is 30.6 Å². The number of β-amino-alcohol motifs (C(OH)–C–C–N with tert-alkyl or cyclic N) is 1. The third kappa shape index (κ3) is 2.23. The van der Waals surface area contributed by atoms with E-state index < -0.39 is 0 Å². The molecule has 82 valence electrons. The summed E-state index contributed by atoms with van der Waals surface area (Å²) in [5.74, 6) is 0.311. The maximum atomic E-state index is 9.56. The van der Waals surface area contributed by atoms with Crippen LogP contribution < -0.4 is 4.90 Å². The van der Waals surface area contributed by atoms with Crippen molar-refractivity contribution in [3.8, 4) is 5.75 Å². The second-order valence-electron chi connectivity index (χ2n) is 4.10. The third-order valence-corrected chi connectivity index (χ3v) is 2.90. The summed E-state index contributed by atoms with van der Waals surface area (Å²) in [6.45, 7) is 3.61. The van der Waals surface area contributed by atoms with Crippen LogP contribution in [-0.4, -0.2) is 29.4 Å². The maximum Gasteiger partial charge on any atom is 0.117 e. The monoisotopic (exact) mass is 207 g/mol. The van der Waals surface area contributed by atoms with Gasteiger partial charge in [0.05, 0.1) is 6.10 Å². The lowest BCUT2D eigenvalue weighted by Crippen LogP contribution is -2.21. The Kier molecular flexibility index (Phi) is 2.82. The Balaban J connectivity index is 2.24. The van der Waals surface area contributed by atoms with Crippen molar-refractivity contribution in [2.45, 2.75) is 25.9 Å². The molecule has 1 atom stereocenters. The number of aliphatic hydroxyl groups excluding tert-OH is 1. The molecule has 0 saturated carbocycles. The largest absolute Gasteiger partial charge is 0.508 e. The van der Waals surface area contributed by atoms with Crippen LogP contribution in [0.5, 0.6) is 5.75 Å². The molecular formula is C12H17NO2. The van der Waals surface area contributed by atoms with E-state index in [4.69, 9.17) is 0 Å². The van der Waals surface area contributed by atoms with Gasteiger partial charge in [-0.25, -0.2) is 0 Å². The number of phenolic OH excluding ortho intramolecular Hbond substituents is 1. The average Bonchev–Trinajstić information content (AvgIpc) is 2.64. The molecule has 0 aliphatic carbocycles. The van der Waals surface area contributed by atoms with Crippen LogP contribution in [-0.2, 0) is 6.42 Å². The minimum atomic E-state index is -0.225. The Hall–Kier alpha value is -1.22. The number of rotatable bonds is 2. The van der Waals surface area contributed by atoms with E-state index in [1.54, 1.807) is 12.1 Å². The van der Waals surface area contributed by atoms with Gasteiger partial charge < -0.3 is 15.1 Å². The normalized spacial score (nSPS) is 20.9. The summed E-state index contributed by atoms with van der Waals surface area (Å²) in [4.78, 5) is 2.11. The number of hydrogen-bond acceptors (Lipinski definition) is 3. The number of anilines is 1. The number of nitrogens with zero attached hydrogens (tertiary/aromatic N) is 1. The molecule has 1 aromatic rings. The highest BCUT2D eigenvalue weighted by atomic mass is 16.3. The summed E-state index contributed by atoms with van der Waals surface area (Å²) in [7, 11) is 0. The van der Waals surface area contributed by atoms with E-state index in [-0.39, 0.29) is 6.10 Å². The van der Waals surface area contributed by atoms with Crippen LogP contribution in [0.1, 0.15) is 18.9 Å². The summed E-state index contributed by atoms with van der Waals surface area (Å²) < 4.78 is 0. The van der Waals surface area contributed by atoms with Gasteiger partial charge in [0.15, 0.2) is 0 Å².